The molecule has 0 amide bonds. The molecule has 0 rings (SSSR count). The van der Waals surface area contributed by atoms with E-state index in [0.29, 0.717) is 0 Å². The lowest BCUT2D eigenvalue weighted by molar-refractivity contribution is -0.314. The molecule has 0 heterocycles. The molecule has 0 spiro atoms. The van der Waals surface area contributed by atoms with Gasteiger partial charge < -0.3 is 4.74 Å². The summed E-state index contributed by atoms with van der Waals surface area (Å²) in [7, 11) is 0. The van der Waals surface area contributed by atoms with E-state index in [0.717, 1.165) is 0 Å². The smallest absolute Gasteiger partial charge is 0.434 e. The van der Waals surface area contributed by atoms with Crippen LogP contribution in [0.5, 0.6) is 0 Å². The van der Waals surface area contributed by atoms with Gasteiger partial charge in [-0.25, -0.2) is 0 Å². The maximum atomic E-state index is 12.4. The van der Waals surface area contributed by atoms with Crippen molar-refractivity contribution in [2.24, 2.45) is 17.3 Å². The van der Waals surface area contributed by atoms with Gasteiger partial charge in [-0.3, -0.25) is 4.79 Å². The van der Waals surface area contributed by atoms with E-state index < -0.39 is 35.8 Å². The van der Waals surface area contributed by atoms with Crippen LogP contribution in [0.3, 0.4) is 0 Å². The molecule has 0 aliphatic rings. The van der Waals surface area contributed by atoms with Crippen LogP contribution in [0.15, 0.2) is 0 Å². The van der Waals surface area contributed by atoms with Crippen molar-refractivity contribution in [3.8, 4) is 0 Å². The van der Waals surface area contributed by atoms with E-state index in [-0.39, 0.29) is 18.8 Å². The molecule has 0 N–H and O–H groups in total. The average molecular weight is 336 g/mol. The summed E-state index contributed by atoms with van der Waals surface area (Å²) in [6.45, 7) is 8.71. The van der Waals surface area contributed by atoms with Crippen LogP contribution < -0.4 is 0 Å². The summed E-state index contributed by atoms with van der Waals surface area (Å²) < 4.78 is 78.5. The quantitative estimate of drug-likeness (QED) is 0.514. The number of ether oxygens (including phenoxy) is 1. The van der Waals surface area contributed by atoms with Gasteiger partial charge in [0.1, 0.15) is 0 Å². The molecule has 0 aliphatic carbocycles. The molecule has 0 aromatic rings. The number of carbonyl (C=O) groups is 1. The minimum atomic E-state index is -5.68. The van der Waals surface area contributed by atoms with E-state index in [2.05, 4.69) is 4.74 Å². The van der Waals surface area contributed by atoms with Gasteiger partial charge in [-0.1, -0.05) is 34.6 Å². The molecule has 132 valence electrons. The van der Waals surface area contributed by atoms with Crippen LogP contribution in [0, 0.1) is 17.3 Å². The predicted molar refractivity (Wildman–Crippen MR) is 69.0 cm³/mol. The maximum absolute atomic E-state index is 12.4. The molecule has 0 aromatic heterocycles. The summed E-state index contributed by atoms with van der Waals surface area (Å²) in [6, 6.07) is 0. The van der Waals surface area contributed by atoms with Crippen molar-refractivity contribution in [3.63, 3.8) is 0 Å². The first-order chi connectivity index (χ1) is 9.54. The Morgan fingerprint density at radius 2 is 1.36 bits per heavy atom. The minimum absolute atomic E-state index is 0.0601. The Morgan fingerprint density at radius 3 is 1.64 bits per heavy atom. The molecular formula is C14H22F6O2. The van der Waals surface area contributed by atoms with Crippen molar-refractivity contribution in [3.05, 3.63) is 0 Å². The molecule has 0 saturated heterocycles. The highest BCUT2D eigenvalue weighted by molar-refractivity contribution is 5.72. The maximum Gasteiger partial charge on any atom is 0.434 e. The lowest BCUT2D eigenvalue weighted by Crippen LogP contribution is -2.46. The lowest BCUT2D eigenvalue weighted by atomic mass is 9.81. The molecule has 0 saturated carbocycles. The second kappa shape index (κ2) is 7.08. The molecule has 0 fully saturated rings. The van der Waals surface area contributed by atoms with Crippen molar-refractivity contribution >= 4 is 5.97 Å². The monoisotopic (exact) mass is 336 g/mol. The number of carbonyl (C=O) groups excluding carboxylic acids is 1. The zero-order chi connectivity index (χ0) is 17.9. The van der Waals surface area contributed by atoms with Crippen LogP contribution in [-0.2, 0) is 9.53 Å². The Hall–Kier alpha value is -0.950. The highest BCUT2D eigenvalue weighted by Crippen LogP contribution is 2.37. The van der Waals surface area contributed by atoms with Crippen molar-refractivity contribution in [2.45, 2.75) is 65.9 Å². The molecule has 22 heavy (non-hydrogen) atoms. The van der Waals surface area contributed by atoms with E-state index in [1.807, 2.05) is 0 Å². The van der Waals surface area contributed by atoms with Gasteiger partial charge in [-0.05, 0) is 24.2 Å². The third-order valence-electron chi connectivity index (χ3n) is 2.78. The van der Waals surface area contributed by atoms with Gasteiger partial charge in [-0.2, -0.15) is 26.3 Å². The third kappa shape index (κ3) is 7.89. The summed E-state index contributed by atoms with van der Waals surface area (Å²) in [6.07, 6.45) is -15.1. The number of rotatable bonds is 5. The topological polar surface area (TPSA) is 26.3 Å². The van der Waals surface area contributed by atoms with Gasteiger partial charge in [0.25, 0.3) is 6.10 Å². The summed E-state index contributed by atoms with van der Waals surface area (Å²) in [5.41, 5.74) is -0.426. The number of hydrogen-bond acceptors (Lipinski definition) is 2. The molecule has 0 bridgehead atoms. The van der Waals surface area contributed by atoms with Gasteiger partial charge in [-0.15, -0.1) is 0 Å². The summed E-state index contributed by atoms with van der Waals surface area (Å²) in [5.74, 6) is -2.52. The zero-order valence-corrected chi connectivity index (χ0v) is 13.2. The van der Waals surface area contributed by atoms with Crippen molar-refractivity contribution in [1.82, 2.24) is 0 Å². The van der Waals surface area contributed by atoms with Crippen LogP contribution in [0.1, 0.15) is 47.5 Å². The highest BCUT2D eigenvalue weighted by atomic mass is 19.4. The number of halogens is 6. The van der Waals surface area contributed by atoms with Gasteiger partial charge in [0.05, 0.1) is 5.92 Å². The van der Waals surface area contributed by atoms with Gasteiger partial charge >= 0.3 is 18.3 Å². The molecule has 8 heteroatoms. The Labute approximate surface area is 126 Å². The van der Waals surface area contributed by atoms with Crippen molar-refractivity contribution in [1.29, 1.82) is 0 Å². The average Bonchev–Trinajstić information content (AvgIpc) is 2.18. The molecule has 0 radical (unpaired) electrons. The van der Waals surface area contributed by atoms with Gasteiger partial charge in [0, 0.05) is 0 Å². The zero-order valence-electron chi connectivity index (χ0n) is 13.2. The Bertz CT molecular complexity index is 351. The fraction of sp³-hybridized carbons (Fsp3) is 0.929. The second-order valence-electron chi connectivity index (χ2n) is 6.99. The first kappa shape index (κ1) is 21.0. The van der Waals surface area contributed by atoms with Crippen LogP contribution in [-0.4, -0.2) is 24.4 Å². The number of esters is 1. The molecule has 1 atom stereocenters. The van der Waals surface area contributed by atoms with Gasteiger partial charge in [0.2, 0.25) is 0 Å². The van der Waals surface area contributed by atoms with Crippen molar-refractivity contribution in [2.75, 3.05) is 0 Å². The Kier molecular flexibility index (Phi) is 6.78. The fourth-order valence-electron chi connectivity index (χ4n) is 2.10. The first-order valence-corrected chi connectivity index (χ1v) is 6.88. The Morgan fingerprint density at radius 1 is 0.955 bits per heavy atom. The SMILES string of the molecule is CC(C)CC(CC(C)(C)C)C(=O)OC(C(F)(F)F)C(F)(F)F. The molecular weight excluding hydrogens is 314 g/mol. The van der Waals surface area contributed by atoms with Gasteiger partial charge in [0.15, 0.2) is 0 Å². The molecule has 2 nitrogen and oxygen atoms in total. The first-order valence-electron chi connectivity index (χ1n) is 6.88. The van der Waals surface area contributed by atoms with E-state index in [1.54, 1.807) is 34.6 Å². The summed E-state index contributed by atoms with van der Waals surface area (Å²) in [4.78, 5) is 11.8. The minimum Gasteiger partial charge on any atom is -0.443 e. The van der Waals surface area contributed by atoms with Crippen molar-refractivity contribution < 1.29 is 35.9 Å². The van der Waals surface area contributed by atoms with Crippen LogP contribution in [0.2, 0.25) is 0 Å². The molecule has 0 aromatic carbocycles. The van der Waals surface area contributed by atoms with E-state index >= 15 is 0 Å². The van der Waals surface area contributed by atoms with E-state index in [1.165, 1.54) is 0 Å². The molecule has 1 unspecified atom stereocenters. The van der Waals surface area contributed by atoms with Crippen LogP contribution in [0.25, 0.3) is 0 Å². The van der Waals surface area contributed by atoms with E-state index in [9.17, 15) is 31.1 Å². The van der Waals surface area contributed by atoms with Crippen LogP contribution in [0.4, 0.5) is 26.3 Å². The lowest BCUT2D eigenvalue weighted by Gasteiger charge is -2.29. The third-order valence-corrected chi connectivity index (χ3v) is 2.78. The predicted octanol–water partition coefficient (Wildman–Crippen LogP) is 5.12. The normalized spacial score (nSPS) is 15.3. The van der Waals surface area contributed by atoms with Crippen LogP contribution >= 0.6 is 0 Å². The Balaban J connectivity index is 5.21. The number of alkyl halides is 6. The highest BCUT2D eigenvalue weighted by Gasteiger charge is 2.60. The van der Waals surface area contributed by atoms with E-state index in [4.69, 9.17) is 0 Å². The largest absolute Gasteiger partial charge is 0.443 e. The molecule has 0 aliphatic heterocycles. The number of hydrogen-bond donors (Lipinski definition) is 0. The second-order valence-corrected chi connectivity index (χ2v) is 6.99. The fourth-order valence-corrected chi connectivity index (χ4v) is 2.10. The standard InChI is InChI=1S/C14H22F6O2/c1-8(2)6-9(7-12(3,4)5)10(21)22-11(13(15,16)17)14(18,19)20/h8-9,11H,6-7H2,1-5H3. The summed E-state index contributed by atoms with van der Waals surface area (Å²) >= 11 is 0. The summed E-state index contributed by atoms with van der Waals surface area (Å²) in [5, 5.41) is 0.